The van der Waals surface area contributed by atoms with E-state index in [1.54, 1.807) is 0 Å². The van der Waals surface area contributed by atoms with Crippen LogP contribution < -0.4 is 10.2 Å². The molecule has 2 rings (SSSR count). The molecule has 1 N–H and O–H groups in total. The molecule has 0 aromatic heterocycles. The Kier molecular flexibility index (Phi) is 4.16. The summed E-state index contributed by atoms with van der Waals surface area (Å²) in [5.74, 6) is 0. The van der Waals surface area contributed by atoms with Gasteiger partial charge < -0.3 is 15.1 Å². The largest absolute Gasteiger partial charge is 0.374 e. The molecule has 0 unspecified atom stereocenters. The van der Waals surface area contributed by atoms with E-state index in [9.17, 15) is 0 Å². The van der Waals surface area contributed by atoms with Crippen LogP contribution in [0.25, 0.3) is 0 Å². The Morgan fingerprint density at radius 1 is 1.32 bits per heavy atom. The third-order valence-corrected chi connectivity index (χ3v) is 4.37. The summed E-state index contributed by atoms with van der Waals surface area (Å²) >= 11 is 0. The van der Waals surface area contributed by atoms with E-state index in [0.717, 1.165) is 19.6 Å². The van der Waals surface area contributed by atoms with Crippen molar-refractivity contribution < 1.29 is 0 Å². The Morgan fingerprint density at radius 3 is 2.74 bits per heavy atom. The maximum atomic E-state index is 3.57. The maximum Gasteiger partial charge on any atom is 0.0397 e. The fraction of sp³-hybridized carbons (Fsp3) is 0.625. The predicted octanol–water partition coefficient (Wildman–Crippen LogP) is 2.11. The van der Waals surface area contributed by atoms with Crippen LogP contribution in [0.4, 0.5) is 5.69 Å². The van der Waals surface area contributed by atoms with Gasteiger partial charge in [0, 0.05) is 37.9 Å². The Bertz CT molecular complexity index is 438. The summed E-state index contributed by atoms with van der Waals surface area (Å²) in [6.45, 7) is 7.63. The van der Waals surface area contributed by atoms with E-state index in [4.69, 9.17) is 0 Å². The minimum Gasteiger partial charge on any atom is -0.374 e. The number of nitrogens with zero attached hydrogens (tertiary/aromatic N) is 2. The standard InChI is InChI=1S/C16H27N3/c1-16(2,18(3)4)12-17-11-13-6-7-15-14(10-13)8-9-19(15)5/h6-7,10,17H,8-9,11-12H2,1-5H3. The van der Waals surface area contributed by atoms with E-state index in [-0.39, 0.29) is 5.54 Å². The quantitative estimate of drug-likeness (QED) is 0.876. The molecule has 0 spiro atoms. The average Bonchev–Trinajstić information content (AvgIpc) is 2.70. The second-order valence-corrected chi connectivity index (χ2v) is 6.45. The molecular weight excluding hydrogens is 234 g/mol. The zero-order valence-electron chi connectivity index (χ0n) is 13.0. The van der Waals surface area contributed by atoms with Gasteiger partial charge >= 0.3 is 0 Å². The Labute approximate surface area is 117 Å². The fourth-order valence-electron chi connectivity index (χ4n) is 2.40. The highest BCUT2D eigenvalue weighted by Crippen LogP contribution is 2.27. The minimum absolute atomic E-state index is 0.191. The molecular formula is C16H27N3. The highest BCUT2D eigenvalue weighted by atomic mass is 15.2. The van der Waals surface area contributed by atoms with Crippen molar-refractivity contribution >= 4 is 5.69 Å². The first-order valence-electron chi connectivity index (χ1n) is 7.11. The highest BCUT2D eigenvalue weighted by Gasteiger charge is 2.20. The number of hydrogen-bond acceptors (Lipinski definition) is 3. The molecule has 0 amide bonds. The first-order chi connectivity index (χ1) is 8.90. The molecule has 0 saturated heterocycles. The van der Waals surface area contributed by atoms with E-state index >= 15 is 0 Å². The third-order valence-electron chi connectivity index (χ3n) is 4.37. The highest BCUT2D eigenvalue weighted by molar-refractivity contribution is 5.58. The van der Waals surface area contributed by atoms with Crippen LogP contribution >= 0.6 is 0 Å². The SMILES string of the molecule is CN1CCc2cc(CNCC(C)(C)N(C)C)ccc21. The third kappa shape index (κ3) is 3.28. The van der Waals surface area contributed by atoms with Crippen molar-refractivity contribution in [1.29, 1.82) is 0 Å². The molecule has 1 aromatic carbocycles. The van der Waals surface area contributed by atoms with Gasteiger partial charge in [-0.15, -0.1) is 0 Å². The van der Waals surface area contributed by atoms with Crippen molar-refractivity contribution in [2.75, 3.05) is 39.1 Å². The van der Waals surface area contributed by atoms with Crippen molar-refractivity contribution in [2.24, 2.45) is 0 Å². The normalized spacial score (nSPS) is 15.2. The van der Waals surface area contributed by atoms with Crippen LogP contribution in [0.1, 0.15) is 25.0 Å². The van der Waals surface area contributed by atoms with Crippen LogP contribution in [0.5, 0.6) is 0 Å². The molecule has 1 heterocycles. The molecule has 0 saturated carbocycles. The zero-order valence-corrected chi connectivity index (χ0v) is 13.0. The number of nitrogens with one attached hydrogen (secondary N) is 1. The lowest BCUT2D eigenvalue weighted by Gasteiger charge is -2.32. The minimum atomic E-state index is 0.191. The van der Waals surface area contributed by atoms with Crippen molar-refractivity contribution in [2.45, 2.75) is 32.4 Å². The van der Waals surface area contributed by atoms with E-state index in [1.165, 1.54) is 23.2 Å². The average molecular weight is 261 g/mol. The second-order valence-electron chi connectivity index (χ2n) is 6.45. The molecule has 0 aliphatic carbocycles. The van der Waals surface area contributed by atoms with Crippen molar-refractivity contribution in [3.63, 3.8) is 0 Å². The zero-order chi connectivity index (χ0) is 14.0. The monoisotopic (exact) mass is 261 g/mol. The van der Waals surface area contributed by atoms with E-state index < -0.39 is 0 Å². The second kappa shape index (κ2) is 5.51. The van der Waals surface area contributed by atoms with Gasteiger partial charge in [0.1, 0.15) is 0 Å². The Balaban J connectivity index is 1.91. The van der Waals surface area contributed by atoms with E-state index in [1.807, 2.05) is 0 Å². The van der Waals surface area contributed by atoms with E-state index in [0.29, 0.717) is 0 Å². The number of rotatable bonds is 5. The number of fused-ring (bicyclic) bond motifs is 1. The van der Waals surface area contributed by atoms with Gasteiger partial charge in [-0.05, 0) is 51.6 Å². The first-order valence-corrected chi connectivity index (χ1v) is 7.11. The van der Waals surface area contributed by atoms with Gasteiger partial charge in [0.25, 0.3) is 0 Å². The van der Waals surface area contributed by atoms with Crippen molar-refractivity contribution in [3.8, 4) is 0 Å². The van der Waals surface area contributed by atoms with Crippen molar-refractivity contribution in [1.82, 2.24) is 10.2 Å². The van der Waals surface area contributed by atoms with E-state index in [2.05, 4.69) is 68.3 Å². The summed E-state index contributed by atoms with van der Waals surface area (Å²) in [6, 6.07) is 6.86. The van der Waals surface area contributed by atoms with Crippen LogP contribution in [-0.2, 0) is 13.0 Å². The summed E-state index contributed by atoms with van der Waals surface area (Å²) in [4.78, 5) is 4.60. The first kappa shape index (κ1) is 14.4. The van der Waals surface area contributed by atoms with Crippen LogP contribution in [0.2, 0.25) is 0 Å². The van der Waals surface area contributed by atoms with Crippen LogP contribution in [0, 0.1) is 0 Å². The Morgan fingerprint density at radius 2 is 2.05 bits per heavy atom. The molecule has 3 heteroatoms. The van der Waals surface area contributed by atoms with Gasteiger partial charge in [-0.1, -0.05) is 12.1 Å². The molecule has 19 heavy (non-hydrogen) atoms. The van der Waals surface area contributed by atoms with Crippen LogP contribution in [0.3, 0.4) is 0 Å². The smallest absolute Gasteiger partial charge is 0.0397 e. The van der Waals surface area contributed by atoms with Crippen LogP contribution in [0.15, 0.2) is 18.2 Å². The van der Waals surface area contributed by atoms with Gasteiger partial charge in [0.2, 0.25) is 0 Å². The summed E-state index contributed by atoms with van der Waals surface area (Å²) in [5.41, 5.74) is 4.48. The molecule has 0 radical (unpaired) electrons. The Hall–Kier alpha value is -1.06. The summed E-state index contributed by atoms with van der Waals surface area (Å²) in [5, 5.41) is 3.57. The van der Waals surface area contributed by atoms with Gasteiger partial charge in [0.15, 0.2) is 0 Å². The molecule has 1 aliphatic heterocycles. The van der Waals surface area contributed by atoms with Gasteiger partial charge in [-0.2, -0.15) is 0 Å². The summed E-state index contributed by atoms with van der Waals surface area (Å²) < 4.78 is 0. The summed E-state index contributed by atoms with van der Waals surface area (Å²) in [7, 11) is 6.43. The molecule has 3 nitrogen and oxygen atoms in total. The molecule has 0 fully saturated rings. The number of anilines is 1. The summed E-state index contributed by atoms with van der Waals surface area (Å²) in [6.07, 6.45) is 1.18. The topological polar surface area (TPSA) is 18.5 Å². The predicted molar refractivity (Wildman–Crippen MR) is 82.9 cm³/mol. The maximum absolute atomic E-state index is 3.57. The lowest BCUT2D eigenvalue weighted by Crippen LogP contribution is -2.46. The van der Waals surface area contributed by atoms with Gasteiger partial charge in [-0.3, -0.25) is 0 Å². The molecule has 106 valence electrons. The van der Waals surface area contributed by atoms with Crippen LogP contribution in [-0.4, -0.2) is 44.7 Å². The number of hydrogen-bond donors (Lipinski definition) is 1. The number of likely N-dealkylation sites (N-methyl/N-ethyl adjacent to an activating group) is 2. The number of benzene rings is 1. The molecule has 0 atom stereocenters. The molecule has 1 aliphatic rings. The van der Waals surface area contributed by atoms with Gasteiger partial charge in [0.05, 0.1) is 0 Å². The fourth-order valence-corrected chi connectivity index (χ4v) is 2.40. The lowest BCUT2D eigenvalue weighted by molar-refractivity contribution is 0.190. The molecule has 0 bridgehead atoms. The van der Waals surface area contributed by atoms with Crippen molar-refractivity contribution in [3.05, 3.63) is 29.3 Å². The van der Waals surface area contributed by atoms with Gasteiger partial charge in [-0.25, -0.2) is 0 Å². The molecule has 1 aromatic rings. The lowest BCUT2D eigenvalue weighted by atomic mass is 10.0.